The van der Waals surface area contributed by atoms with Crippen molar-refractivity contribution in [2.24, 2.45) is 4.52 Å². The molecule has 74 valence electrons. The Labute approximate surface area is 97.6 Å². The van der Waals surface area contributed by atoms with Crippen LogP contribution in [0.3, 0.4) is 0 Å². The summed E-state index contributed by atoms with van der Waals surface area (Å²) in [6.45, 7) is -4.75. The van der Waals surface area contributed by atoms with Crippen LogP contribution in [0.15, 0.2) is 4.52 Å². The Morgan fingerprint density at radius 1 is 1.17 bits per heavy atom. The van der Waals surface area contributed by atoms with Gasteiger partial charge in [-0.15, -0.1) is 4.20 Å². The molecule has 0 radical (unpaired) electrons. The van der Waals surface area contributed by atoms with Crippen LogP contribution in [0.5, 0.6) is 0 Å². The molecule has 0 fully saturated rings. The monoisotopic (exact) mass is 333 g/mol. The Morgan fingerprint density at radius 3 is 1.58 bits per heavy atom. The van der Waals surface area contributed by atoms with E-state index in [1.807, 2.05) is 0 Å². The van der Waals surface area contributed by atoms with Gasteiger partial charge in [0.1, 0.15) is 0 Å². The summed E-state index contributed by atoms with van der Waals surface area (Å²) in [6.07, 6.45) is 0. The molecule has 0 spiro atoms. The van der Waals surface area contributed by atoms with Crippen molar-refractivity contribution in [1.82, 2.24) is 0 Å². The molecular formula is CCl6FNOP2. The summed E-state index contributed by atoms with van der Waals surface area (Å²) >= 11 is 30.9. The lowest BCUT2D eigenvalue weighted by Gasteiger charge is -2.16. The van der Waals surface area contributed by atoms with Gasteiger partial charge in [0.05, 0.1) is 0 Å². The Balaban J connectivity index is 5.13. The molecule has 0 N–H and O–H groups in total. The zero-order valence-electron chi connectivity index (χ0n) is 4.90. The zero-order chi connectivity index (χ0) is 10.2. The molecule has 1 atom stereocenters. The van der Waals surface area contributed by atoms with Gasteiger partial charge in [0.25, 0.3) is 3.53 Å². The quantitative estimate of drug-likeness (QED) is 0.418. The van der Waals surface area contributed by atoms with E-state index in [1.54, 1.807) is 0 Å². The van der Waals surface area contributed by atoms with Crippen LogP contribution in [0, 0.1) is 0 Å². The van der Waals surface area contributed by atoms with Crippen LogP contribution in [-0.4, -0.2) is 3.53 Å². The van der Waals surface area contributed by atoms with Gasteiger partial charge in [-0.05, 0) is 0 Å². The fourth-order valence-corrected chi connectivity index (χ4v) is 5.65. The highest BCUT2D eigenvalue weighted by Crippen LogP contribution is 2.80. The molecule has 0 aromatic rings. The van der Waals surface area contributed by atoms with Gasteiger partial charge in [0.15, 0.2) is 5.76 Å². The molecular weight excluding hydrogens is 336 g/mol. The van der Waals surface area contributed by atoms with Crippen molar-refractivity contribution >= 4 is 81.2 Å². The van der Waals surface area contributed by atoms with E-state index in [0.29, 0.717) is 0 Å². The van der Waals surface area contributed by atoms with Crippen molar-refractivity contribution in [3.8, 4) is 0 Å². The predicted molar refractivity (Wildman–Crippen MR) is 55.9 cm³/mol. The van der Waals surface area contributed by atoms with Crippen molar-refractivity contribution in [3.63, 3.8) is 0 Å². The SMILES string of the molecule is O=P(F)(Cl)N=P(Cl)(Cl)C(Cl)(Cl)Cl. The molecule has 12 heavy (non-hydrogen) atoms. The highest BCUT2D eigenvalue weighted by atomic mass is 35.9. The van der Waals surface area contributed by atoms with E-state index < -0.39 is 16.2 Å². The number of alkyl halides is 3. The van der Waals surface area contributed by atoms with Gasteiger partial charge in [-0.3, -0.25) is 0 Å². The molecule has 0 rings (SSSR count). The molecule has 0 saturated carbocycles. The lowest BCUT2D eigenvalue weighted by atomic mass is 11.8. The van der Waals surface area contributed by atoms with Gasteiger partial charge in [-0.2, -0.15) is 4.52 Å². The minimum Gasteiger partial charge on any atom is -0.242 e. The molecule has 11 heteroatoms. The van der Waals surface area contributed by atoms with Crippen LogP contribution < -0.4 is 0 Å². The third-order valence-corrected chi connectivity index (χ3v) is 9.97. The van der Waals surface area contributed by atoms with Crippen molar-refractivity contribution < 1.29 is 8.76 Å². The minimum atomic E-state index is -4.75. The lowest BCUT2D eigenvalue weighted by Crippen LogP contribution is -1.93. The van der Waals surface area contributed by atoms with E-state index in [1.165, 1.54) is 0 Å². The third kappa shape index (κ3) is 5.12. The normalized spacial score (nSPS) is 18.6. The molecule has 0 heterocycles. The third-order valence-electron chi connectivity index (χ3n) is 0.522. The average Bonchev–Trinajstić information content (AvgIpc) is 1.52. The summed E-state index contributed by atoms with van der Waals surface area (Å²) in [6, 6.07) is 0. The van der Waals surface area contributed by atoms with Crippen molar-refractivity contribution in [2.75, 3.05) is 0 Å². The van der Waals surface area contributed by atoms with E-state index in [9.17, 15) is 8.76 Å². The van der Waals surface area contributed by atoms with Crippen LogP contribution in [0.2, 0.25) is 0 Å². The largest absolute Gasteiger partial charge is 0.443 e. The van der Waals surface area contributed by atoms with Gasteiger partial charge in [0, 0.05) is 11.2 Å². The minimum absolute atomic E-state index is 2.20. The first-order chi connectivity index (χ1) is 4.96. The Bertz CT molecular complexity index is 259. The van der Waals surface area contributed by atoms with E-state index in [4.69, 9.17) is 57.3 Å². The van der Waals surface area contributed by atoms with Gasteiger partial charge < -0.3 is 0 Å². The number of halogens is 7. The van der Waals surface area contributed by atoms with Crippen molar-refractivity contribution in [1.29, 1.82) is 0 Å². The van der Waals surface area contributed by atoms with E-state index in [0.717, 1.165) is 0 Å². The summed E-state index contributed by atoms with van der Waals surface area (Å²) in [5, 5.41) is 0. The summed E-state index contributed by atoms with van der Waals surface area (Å²) < 4.78 is 23.1. The molecule has 0 aliphatic heterocycles. The van der Waals surface area contributed by atoms with Crippen molar-refractivity contribution in [2.45, 2.75) is 3.53 Å². The van der Waals surface area contributed by atoms with E-state index in [2.05, 4.69) is 15.8 Å². The molecule has 1 unspecified atom stereocenters. The molecule has 0 aromatic heterocycles. The highest BCUT2D eigenvalue weighted by Gasteiger charge is 2.41. The van der Waals surface area contributed by atoms with Crippen LogP contribution in [0.1, 0.15) is 0 Å². The lowest BCUT2D eigenvalue weighted by molar-refractivity contribution is 0.556. The maximum absolute atomic E-state index is 12.3. The van der Waals surface area contributed by atoms with Gasteiger partial charge in [-0.25, -0.2) is 4.57 Å². The molecule has 0 aliphatic carbocycles. The van der Waals surface area contributed by atoms with Gasteiger partial charge in [-0.1, -0.05) is 57.3 Å². The van der Waals surface area contributed by atoms with Crippen LogP contribution in [0.4, 0.5) is 4.20 Å². The zero-order valence-corrected chi connectivity index (χ0v) is 11.2. The first-order valence-corrected chi connectivity index (χ1v) is 9.19. The first kappa shape index (κ1) is 14.1. The fourth-order valence-electron chi connectivity index (χ4n) is 0.181. The second-order valence-electron chi connectivity index (χ2n) is 1.48. The second-order valence-corrected chi connectivity index (χ2v) is 12.5. The number of hydrogen-bond donors (Lipinski definition) is 0. The molecule has 2 nitrogen and oxygen atoms in total. The number of hydrogen-bond acceptors (Lipinski definition) is 1. The molecule has 0 bridgehead atoms. The second kappa shape index (κ2) is 4.33. The van der Waals surface area contributed by atoms with Crippen molar-refractivity contribution in [3.05, 3.63) is 0 Å². The molecule has 0 amide bonds. The molecule has 0 aliphatic rings. The summed E-state index contributed by atoms with van der Waals surface area (Å²) in [7, 11) is 0. The number of nitrogens with zero attached hydrogens (tertiary/aromatic N) is 1. The maximum atomic E-state index is 12.3. The van der Waals surface area contributed by atoms with Crippen LogP contribution in [0.25, 0.3) is 0 Å². The Hall–Kier alpha value is 2.13. The standard InChI is InChI=1S/CCl6FNOP2/c2-1(3,4)11(5,6)9-12(7,8)10. The van der Waals surface area contributed by atoms with Crippen LogP contribution >= 0.6 is 81.2 Å². The van der Waals surface area contributed by atoms with Gasteiger partial charge >= 0.3 is 6.96 Å². The van der Waals surface area contributed by atoms with Crippen LogP contribution in [-0.2, 0) is 4.57 Å². The maximum Gasteiger partial charge on any atom is 0.443 e. The van der Waals surface area contributed by atoms with E-state index >= 15 is 0 Å². The number of rotatable bonds is 1. The predicted octanol–water partition coefficient (Wildman–Crippen LogP) is 6.14. The Kier molecular flexibility index (Phi) is 5.10. The summed E-state index contributed by atoms with van der Waals surface area (Å²) in [5.74, 6) is -3.65. The first-order valence-electron chi connectivity index (χ1n) is 2.05. The summed E-state index contributed by atoms with van der Waals surface area (Å²) in [4.78, 5) is 0. The van der Waals surface area contributed by atoms with Gasteiger partial charge in [0.2, 0.25) is 0 Å². The topological polar surface area (TPSA) is 29.4 Å². The highest BCUT2D eigenvalue weighted by molar-refractivity contribution is 8.16. The molecule has 0 saturated heterocycles. The molecule has 0 aromatic carbocycles. The Morgan fingerprint density at radius 2 is 1.50 bits per heavy atom. The summed E-state index contributed by atoms with van der Waals surface area (Å²) in [5.41, 5.74) is 0. The average molecular weight is 336 g/mol. The fraction of sp³-hybridized carbons (Fsp3) is 1.00. The smallest absolute Gasteiger partial charge is 0.242 e. The van der Waals surface area contributed by atoms with E-state index in [-0.39, 0.29) is 0 Å².